The predicted molar refractivity (Wildman–Crippen MR) is 44.5 cm³/mol. The van der Waals surface area contributed by atoms with Gasteiger partial charge in [-0.25, -0.2) is 4.98 Å². The number of pyridine rings is 2. The molecule has 60 valence electrons. The van der Waals surface area contributed by atoms with Gasteiger partial charge in [0.2, 0.25) is 5.95 Å². The molecule has 2 aromatic rings. The quantitative estimate of drug-likeness (QED) is 0.585. The van der Waals surface area contributed by atoms with Crippen molar-refractivity contribution in [3.8, 4) is 0 Å². The van der Waals surface area contributed by atoms with Crippen LogP contribution in [0.5, 0.6) is 0 Å². The van der Waals surface area contributed by atoms with Crippen LogP contribution in [0.3, 0.4) is 0 Å². The lowest BCUT2D eigenvalue weighted by atomic mass is 10.3. The molecule has 12 heavy (non-hydrogen) atoms. The van der Waals surface area contributed by atoms with Gasteiger partial charge in [0.1, 0.15) is 0 Å². The van der Waals surface area contributed by atoms with E-state index < -0.39 is 5.95 Å². The van der Waals surface area contributed by atoms with Crippen LogP contribution in [0.1, 0.15) is 0 Å². The maximum absolute atomic E-state index is 12.6. The van der Waals surface area contributed by atoms with E-state index in [0.717, 1.165) is 0 Å². The van der Waals surface area contributed by atoms with E-state index in [1.807, 2.05) is 0 Å². The fourth-order valence-electron chi connectivity index (χ4n) is 0.990. The van der Waals surface area contributed by atoms with E-state index in [-0.39, 0.29) is 0 Å². The van der Waals surface area contributed by atoms with Gasteiger partial charge in [-0.1, -0.05) is 11.6 Å². The molecule has 0 spiro atoms. The molecule has 0 aliphatic rings. The second-order valence-electron chi connectivity index (χ2n) is 2.32. The van der Waals surface area contributed by atoms with Crippen molar-refractivity contribution in [3.05, 3.63) is 35.5 Å². The van der Waals surface area contributed by atoms with E-state index in [9.17, 15) is 4.39 Å². The molecule has 0 saturated carbocycles. The van der Waals surface area contributed by atoms with Crippen LogP contribution in [-0.4, -0.2) is 9.97 Å². The summed E-state index contributed by atoms with van der Waals surface area (Å²) in [6.45, 7) is 0. The third-order valence-corrected chi connectivity index (χ3v) is 1.87. The molecule has 2 nitrogen and oxygen atoms in total. The number of halogens is 2. The molecule has 0 atom stereocenters. The molecular weight excluding hydrogens is 179 g/mol. The first kappa shape index (κ1) is 7.43. The van der Waals surface area contributed by atoms with Crippen LogP contribution in [0.2, 0.25) is 5.02 Å². The van der Waals surface area contributed by atoms with Gasteiger partial charge in [-0.15, -0.1) is 0 Å². The highest BCUT2D eigenvalue weighted by atomic mass is 35.5. The number of aromatic nitrogens is 2. The van der Waals surface area contributed by atoms with E-state index in [1.165, 1.54) is 12.3 Å². The van der Waals surface area contributed by atoms with Crippen LogP contribution in [0, 0.1) is 5.95 Å². The third kappa shape index (κ3) is 1.12. The third-order valence-electron chi connectivity index (χ3n) is 1.54. The molecule has 0 N–H and O–H groups in total. The van der Waals surface area contributed by atoms with E-state index in [1.54, 1.807) is 12.3 Å². The van der Waals surface area contributed by atoms with Crippen molar-refractivity contribution < 1.29 is 4.39 Å². The van der Waals surface area contributed by atoms with Gasteiger partial charge < -0.3 is 0 Å². The zero-order valence-electron chi connectivity index (χ0n) is 5.96. The number of hydrogen-bond acceptors (Lipinski definition) is 2. The molecule has 2 rings (SSSR count). The summed E-state index contributed by atoms with van der Waals surface area (Å²) in [7, 11) is 0. The summed E-state index contributed by atoms with van der Waals surface area (Å²) < 4.78 is 12.6. The second kappa shape index (κ2) is 2.68. The van der Waals surface area contributed by atoms with Crippen LogP contribution in [0.25, 0.3) is 10.9 Å². The van der Waals surface area contributed by atoms with Crippen molar-refractivity contribution in [2.45, 2.75) is 0 Å². The largest absolute Gasteiger partial charge is 0.255 e. The summed E-state index contributed by atoms with van der Waals surface area (Å²) in [6.07, 6.45) is 2.92. The number of rotatable bonds is 0. The SMILES string of the molecule is Fc1cc2c(Cl)ccnc2cn1. The van der Waals surface area contributed by atoms with E-state index >= 15 is 0 Å². The molecule has 4 heteroatoms. The topological polar surface area (TPSA) is 25.8 Å². The zero-order chi connectivity index (χ0) is 8.55. The second-order valence-corrected chi connectivity index (χ2v) is 2.72. The summed E-state index contributed by atoms with van der Waals surface area (Å²) >= 11 is 5.79. The fourth-order valence-corrected chi connectivity index (χ4v) is 1.20. The normalized spacial score (nSPS) is 10.5. The van der Waals surface area contributed by atoms with Gasteiger partial charge in [-0.3, -0.25) is 4.98 Å². The van der Waals surface area contributed by atoms with Crippen molar-refractivity contribution >= 4 is 22.5 Å². The Morgan fingerprint density at radius 3 is 3.00 bits per heavy atom. The van der Waals surface area contributed by atoms with Gasteiger partial charge in [0.05, 0.1) is 16.7 Å². The number of nitrogens with zero attached hydrogens (tertiary/aromatic N) is 2. The Hall–Kier alpha value is -1.22. The lowest BCUT2D eigenvalue weighted by molar-refractivity contribution is 0.586. The molecular formula is C8H4ClFN2. The minimum absolute atomic E-state index is 0.487. The average Bonchev–Trinajstić information content (AvgIpc) is 2.07. The van der Waals surface area contributed by atoms with Gasteiger partial charge in [-0.2, -0.15) is 4.39 Å². The molecule has 0 amide bonds. The Morgan fingerprint density at radius 1 is 1.33 bits per heavy atom. The first-order chi connectivity index (χ1) is 5.77. The lowest BCUT2D eigenvalue weighted by Crippen LogP contribution is -1.85. The minimum atomic E-state index is -0.544. The minimum Gasteiger partial charge on any atom is -0.255 e. The van der Waals surface area contributed by atoms with Gasteiger partial charge in [-0.05, 0) is 6.07 Å². The standard InChI is InChI=1S/C8H4ClFN2/c9-6-1-2-11-7-4-12-8(10)3-5(6)7/h1-4H. The van der Waals surface area contributed by atoms with Crippen molar-refractivity contribution in [1.82, 2.24) is 9.97 Å². The summed E-state index contributed by atoms with van der Waals surface area (Å²) in [5.74, 6) is -0.544. The summed E-state index contributed by atoms with van der Waals surface area (Å²) in [4.78, 5) is 7.43. The first-order valence-corrected chi connectivity index (χ1v) is 3.71. The maximum atomic E-state index is 12.6. The monoisotopic (exact) mass is 182 g/mol. The van der Waals surface area contributed by atoms with Crippen LogP contribution < -0.4 is 0 Å². The molecule has 0 radical (unpaired) electrons. The highest BCUT2D eigenvalue weighted by molar-refractivity contribution is 6.35. The van der Waals surface area contributed by atoms with Crippen LogP contribution in [-0.2, 0) is 0 Å². The molecule has 0 fully saturated rings. The maximum Gasteiger partial charge on any atom is 0.213 e. The van der Waals surface area contributed by atoms with Crippen LogP contribution >= 0.6 is 11.6 Å². The van der Waals surface area contributed by atoms with Gasteiger partial charge in [0.15, 0.2) is 0 Å². The van der Waals surface area contributed by atoms with Crippen molar-refractivity contribution in [2.24, 2.45) is 0 Å². The molecule has 0 saturated heterocycles. The smallest absolute Gasteiger partial charge is 0.213 e. The first-order valence-electron chi connectivity index (χ1n) is 3.33. The number of hydrogen-bond donors (Lipinski definition) is 0. The number of fused-ring (bicyclic) bond motifs is 1. The summed E-state index contributed by atoms with van der Waals surface area (Å²) in [6, 6.07) is 2.88. The molecule has 0 unspecified atom stereocenters. The fraction of sp³-hybridized carbons (Fsp3) is 0. The Bertz CT molecular complexity index is 430. The van der Waals surface area contributed by atoms with Crippen molar-refractivity contribution in [2.75, 3.05) is 0 Å². The molecule has 2 heterocycles. The lowest BCUT2D eigenvalue weighted by Gasteiger charge is -1.97. The Morgan fingerprint density at radius 2 is 2.17 bits per heavy atom. The highest BCUT2D eigenvalue weighted by Crippen LogP contribution is 2.20. The highest BCUT2D eigenvalue weighted by Gasteiger charge is 2.00. The molecule has 0 bridgehead atoms. The predicted octanol–water partition coefficient (Wildman–Crippen LogP) is 2.42. The summed E-state index contributed by atoms with van der Waals surface area (Å²) in [5.41, 5.74) is 0.601. The molecule has 0 aliphatic heterocycles. The molecule has 0 aromatic carbocycles. The molecule has 0 aliphatic carbocycles. The van der Waals surface area contributed by atoms with Crippen LogP contribution in [0.15, 0.2) is 24.5 Å². The Balaban J connectivity index is 2.88. The van der Waals surface area contributed by atoms with E-state index in [2.05, 4.69) is 9.97 Å². The van der Waals surface area contributed by atoms with E-state index in [0.29, 0.717) is 15.9 Å². The van der Waals surface area contributed by atoms with Crippen molar-refractivity contribution in [1.29, 1.82) is 0 Å². The zero-order valence-corrected chi connectivity index (χ0v) is 6.72. The Labute approximate surface area is 73.0 Å². The Kier molecular flexibility index (Phi) is 1.66. The van der Waals surface area contributed by atoms with Gasteiger partial charge in [0, 0.05) is 17.6 Å². The van der Waals surface area contributed by atoms with Crippen molar-refractivity contribution in [3.63, 3.8) is 0 Å². The van der Waals surface area contributed by atoms with Gasteiger partial charge >= 0.3 is 0 Å². The summed E-state index contributed by atoms with van der Waals surface area (Å²) in [5, 5.41) is 1.08. The van der Waals surface area contributed by atoms with Gasteiger partial charge in [0.25, 0.3) is 0 Å². The average molecular weight is 183 g/mol. The molecule has 2 aromatic heterocycles. The van der Waals surface area contributed by atoms with E-state index in [4.69, 9.17) is 11.6 Å². The van der Waals surface area contributed by atoms with Crippen LogP contribution in [0.4, 0.5) is 4.39 Å².